The number of hydrogen-bond donors (Lipinski definition) is 0. The molecule has 2 aliphatic heterocycles. The Hall–Kier alpha value is -3.10. The van der Waals surface area contributed by atoms with Gasteiger partial charge in [-0.1, -0.05) is 24.3 Å². The second-order valence-corrected chi connectivity index (χ2v) is 9.49. The molecule has 0 unspecified atom stereocenters. The Morgan fingerprint density at radius 1 is 0.600 bits per heavy atom. The molecule has 0 aromatic heterocycles. The molecule has 0 atom stereocenters. The van der Waals surface area contributed by atoms with Crippen LogP contribution in [0, 0.1) is 0 Å². The molecule has 2 heterocycles. The van der Waals surface area contributed by atoms with E-state index in [1.165, 1.54) is 47.8 Å². The van der Waals surface area contributed by atoms with Crippen molar-refractivity contribution in [3.63, 3.8) is 0 Å². The highest BCUT2D eigenvalue weighted by atomic mass is 32.2. The number of carbonyl (C=O) groups excluding carboxylic acids is 4. The maximum absolute atomic E-state index is 12.1. The average Bonchev–Trinajstić information content (AvgIpc) is 3.23. The summed E-state index contributed by atoms with van der Waals surface area (Å²) in [6.45, 7) is 1.99. The molecule has 2 aromatic rings. The quantitative estimate of drug-likeness (QED) is 0.390. The van der Waals surface area contributed by atoms with Gasteiger partial charge in [0.1, 0.15) is 0 Å². The molecule has 0 fully saturated rings. The number of anilines is 2. The highest BCUT2D eigenvalue weighted by Crippen LogP contribution is 2.42. The van der Waals surface area contributed by atoms with Gasteiger partial charge in [-0.05, 0) is 31.2 Å². The Morgan fingerprint density at radius 2 is 0.933 bits per heavy atom. The van der Waals surface area contributed by atoms with E-state index in [1.807, 2.05) is 31.2 Å². The highest BCUT2D eigenvalue weighted by molar-refractivity contribution is 8.17. The number of imide groups is 2. The van der Waals surface area contributed by atoms with Crippen LogP contribution in [0.15, 0.2) is 82.6 Å². The second kappa shape index (κ2) is 8.33. The highest BCUT2D eigenvalue weighted by Gasteiger charge is 2.29. The molecule has 0 saturated heterocycles. The van der Waals surface area contributed by atoms with E-state index in [0.29, 0.717) is 11.4 Å². The zero-order chi connectivity index (χ0) is 21.3. The van der Waals surface area contributed by atoms with Gasteiger partial charge < -0.3 is 0 Å². The Balaban J connectivity index is 1.56. The van der Waals surface area contributed by atoms with Crippen molar-refractivity contribution in [1.82, 2.24) is 0 Å². The standard InChI is InChI=1S/C22H16N2O4S2/c1-14(29-17-8-4-2-6-15(17)23-19(25)10-11-20(23)26)30-18-9-5-3-7-16(18)24-21(27)12-13-22(24)28/h2-14H,1H3. The van der Waals surface area contributed by atoms with E-state index >= 15 is 0 Å². The first-order valence-corrected chi connectivity index (χ1v) is 10.9. The minimum absolute atomic E-state index is 0.0335. The molecular weight excluding hydrogens is 420 g/mol. The van der Waals surface area contributed by atoms with Crippen LogP contribution in [0.1, 0.15) is 6.92 Å². The number of thioether (sulfide) groups is 2. The summed E-state index contributed by atoms with van der Waals surface area (Å²) in [5.74, 6) is -1.45. The molecule has 8 heteroatoms. The first kappa shape index (κ1) is 20.2. The molecule has 6 nitrogen and oxygen atoms in total. The van der Waals surface area contributed by atoms with Crippen LogP contribution in [0.25, 0.3) is 0 Å². The molecule has 150 valence electrons. The monoisotopic (exact) mass is 436 g/mol. The SMILES string of the molecule is CC(Sc1ccccc1N1C(=O)C=CC1=O)Sc1ccccc1N1C(=O)C=CC1=O. The number of amides is 4. The summed E-state index contributed by atoms with van der Waals surface area (Å²) in [6, 6.07) is 14.5. The van der Waals surface area contributed by atoms with Gasteiger partial charge in [-0.3, -0.25) is 19.2 Å². The number of carbonyl (C=O) groups is 4. The minimum Gasteiger partial charge on any atom is -0.269 e. The molecule has 0 aliphatic carbocycles. The molecule has 4 amide bonds. The maximum atomic E-state index is 12.1. The Labute approximate surface area is 181 Å². The predicted molar refractivity (Wildman–Crippen MR) is 117 cm³/mol. The summed E-state index contributed by atoms with van der Waals surface area (Å²) < 4.78 is -0.0335. The van der Waals surface area contributed by atoms with Gasteiger partial charge in [0.15, 0.2) is 0 Å². The van der Waals surface area contributed by atoms with Crippen molar-refractivity contribution < 1.29 is 19.2 Å². The van der Waals surface area contributed by atoms with E-state index < -0.39 is 0 Å². The van der Waals surface area contributed by atoms with Gasteiger partial charge in [0, 0.05) is 34.1 Å². The molecule has 0 spiro atoms. The first-order chi connectivity index (χ1) is 14.5. The molecule has 0 N–H and O–H groups in total. The van der Waals surface area contributed by atoms with Gasteiger partial charge in [-0.15, -0.1) is 23.5 Å². The summed E-state index contributed by atoms with van der Waals surface area (Å²) >= 11 is 2.99. The molecule has 30 heavy (non-hydrogen) atoms. The fourth-order valence-electron chi connectivity index (χ4n) is 3.14. The van der Waals surface area contributed by atoms with Crippen molar-refractivity contribution in [3.05, 3.63) is 72.8 Å². The zero-order valence-electron chi connectivity index (χ0n) is 15.8. The van der Waals surface area contributed by atoms with Crippen molar-refractivity contribution in [2.24, 2.45) is 0 Å². The summed E-state index contributed by atoms with van der Waals surface area (Å²) in [5, 5.41) is 0. The van der Waals surface area contributed by atoms with Crippen molar-refractivity contribution in [3.8, 4) is 0 Å². The van der Waals surface area contributed by atoms with Crippen LogP contribution in [-0.4, -0.2) is 28.2 Å². The Morgan fingerprint density at radius 3 is 1.30 bits per heavy atom. The molecule has 0 saturated carbocycles. The summed E-state index contributed by atoms with van der Waals surface area (Å²) in [6.07, 6.45) is 5.04. The van der Waals surface area contributed by atoms with Gasteiger partial charge in [0.25, 0.3) is 23.6 Å². The predicted octanol–water partition coefficient (Wildman–Crippen LogP) is 3.78. The van der Waals surface area contributed by atoms with Gasteiger partial charge >= 0.3 is 0 Å². The van der Waals surface area contributed by atoms with E-state index in [-0.39, 0.29) is 28.2 Å². The third kappa shape index (κ3) is 3.83. The summed E-state index contributed by atoms with van der Waals surface area (Å²) in [7, 11) is 0. The van der Waals surface area contributed by atoms with Crippen LogP contribution in [0.3, 0.4) is 0 Å². The van der Waals surface area contributed by atoms with Gasteiger partial charge in [0.2, 0.25) is 0 Å². The van der Waals surface area contributed by atoms with Crippen LogP contribution in [-0.2, 0) is 19.2 Å². The fraction of sp³-hybridized carbons (Fsp3) is 0.0909. The lowest BCUT2D eigenvalue weighted by atomic mass is 10.3. The van der Waals surface area contributed by atoms with Crippen molar-refractivity contribution in [2.45, 2.75) is 21.3 Å². The number of hydrogen-bond acceptors (Lipinski definition) is 6. The van der Waals surface area contributed by atoms with E-state index in [9.17, 15) is 19.2 Å². The van der Waals surface area contributed by atoms with E-state index in [4.69, 9.17) is 0 Å². The first-order valence-electron chi connectivity index (χ1n) is 9.09. The number of benzene rings is 2. The zero-order valence-corrected chi connectivity index (χ0v) is 17.5. The Kier molecular flexibility index (Phi) is 5.61. The number of nitrogens with zero attached hydrogens (tertiary/aromatic N) is 2. The smallest absolute Gasteiger partial charge is 0.258 e. The molecule has 4 rings (SSSR count). The lowest BCUT2D eigenvalue weighted by molar-refractivity contribution is -0.121. The van der Waals surface area contributed by atoms with E-state index in [0.717, 1.165) is 19.6 Å². The minimum atomic E-state index is -0.364. The summed E-state index contributed by atoms with van der Waals surface area (Å²) in [4.78, 5) is 52.3. The lowest BCUT2D eigenvalue weighted by Crippen LogP contribution is -2.30. The molecule has 0 radical (unpaired) electrons. The number of para-hydroxylation sites is 2. The topological polar surface area (TPSA) is 74.8 Å². The lowest BCUT2D eigenvalue weighted by Gasteiger charge is -2.21. The average molecular weight is 437 g/mol. The van der Waals surface area contributed by atoms with Crippen LogP contribution in [0.4, 0.5) is 11.4 Å². The van der Waals surface area contributed by atoms with Crippen molar-refractivity contribution >= 4 is 58.5 Å². The summed E-state index contributed by atoms with van der Waals surface area (Å²) in [5.41, 5.74) is 1.08. The molecule has 2 aromatic carbocycles. The Bertz CT molecular complexity index is 1000. The second-order valence-electron chi connectivity index (χ2n) is 6.43. The van der Waals surface area contributed by atoms with Gasteiger partial charge in [-0.2, -0.15) is 0 Å². The van der Waals surface area contributed by atoms with Crippen LogP contribution < -0.4 is 9.80 Å². The van der Waals surface area contributed by atoms with Gasteiger partial charge in [-0.25, -0.2) is 9.80 Å². The molecule has 2 aliphatic rings. The van der Waals surface area contributed by atoms with Crippen molar-refractivity contribution in [1.29, 1.82) is 0 Å². The van der Waals surface area contributed by atoms with Gasteiger partial charge in [0.05, 0.1) is 16.0 Å². The third-order valence-corrected chi connectivity index (χ3v) is 6.86. The van der Waals surface area contributed by atoms with E-state index in [2.05, 4.69) is 0 Å². The third-order valence-electron chi connectivity index (χ3n) is 4.42. The number of rotatable bonds is 6. The van der Waals surface area contributed by atoms with Crippen LogP contribution >= 0.6 is 23.5 Å². The largest absolute Gasteiger partial charge is 0.269 e. The molecule has 0 bridgehead atoms. The maximum Gasteiger partial charge on any atom is 0.258 e. The fourth-order valence-corrected chi connectivity index (χ4v) is 5.54. The molecular formula is C22H16N2O4S2. The van der Waals surface area contributed by atoms with Crippen molar-refractivity contribution in [2.75, 3.05) is 9.80 Å². The van der Waals surface area contributed by atoms with Crippen LogP contribution in [0.2, 0.25) is 0 Å². The van der Waals surface area contributed by atoms with Crippen LogP contribution in [0.5, 0.6) is 0 Å². The normalized spacial score (nSPS) is 15.9. The van der Waals surface area contributed by atoms with E-state index in [1.54, 1.807) is 24.3 Å².